The number of hydrogen-bond acceptors (Lipinski definition) is 3. The molecule has 2 aromatic rings. The summed E-state index contributed by atoms with van der Waals surface area (Å²) in [6, 6.07) is 7.46. The third kappa shape index (κ3) is 4.70. The third-order valence-corrected chi connectivity index (χ3v) is 3.89. The Hall–Kier alpha value is -2.07. The number of carbonyl (C=O) groups is 1. The number of nitrogens with one attached hydrogen (secondary N) is 1. The minimum absolute atomic E-state index is 0.222. The molecule has 2 rings (SSSR count). The molecule has 0 spiro atoms. The van der Waals surface area contributed by atoms with Crippen molar-refractivity contribution in [2.75, 3.05) is 0 Å². The number of aliphatic hydroxyl groups excluding tert-OH is 1. The number of ether oxygens (including phenoxy) is 1. The van der Waals surface area contributed by atoms with E-state index in [2.05, 4.69) is 11.9 Å². The van der Waals surface area contributed by atoms with Crippen LogP contribution in [-0.2, 0) is 11.3 Å². The Morgan fingerprint density at radius 3 is 2.78 bits per heavy atom. The van der Waals surface area contributed by atoms with Crippen LogP contribution in [0, 0.1) is 0 Å². The molecule has 0 saturated carbocycles. The summed E-state index contributed by atoms with van der Waals surface area (Å²) in [6.07, 6.45) is 10.4. The quantitative estimate of drug-likeness (QED) is 0.401. The molecule has 0 unspecified atom stereocenters. The molecule has 0 atom stereocenters. The van der Waals surface area contributed by atoms with Crippen molar-refractivity contribution in [3.8, 4) is 0 Å². The van der Waals surface area contributed by atoms with E-state index in [4.69, 9.17) is 4.74 Å². The van der Waals surface area contributed by atoms with Crippen LogP contribution in [0.25, 0.3) is 10.9 Å². The molecule has 0 bridgehead atoms. The zero-order chi connectivity index (χ0) is 16.5. The number of aromatic amines is 1. The van der Waals surface area contributed by atoms with Crippen molar-refractivity contribution in [3.05, 3.63) is 47.9 Å². The second-order valence-corrected chi connectivity index (χ2v) is 5.66. The lowest BCUT2D eigenvalue weighted by Gasteiger charge is -2.01. The average Bonchev–Trinajstić information content (AvgIpc) is 2.95. The summed E-state index contributed by atoms with van der Waals surface area (Å²) in [4.78, 5) is 15.3. The number of carbonyl (C=O) groups excluding carboxylic acids is 1. The number of esters is 1. The summed E-state index contributed by atoms with van der Waals surface area (Å²) in [6.45, 7) is 1.98. The van der Waals surface area contributed by atoms with E-state index in [1.807, 2.05) is 30.3 Å². The Bertz CT molecular complexity index is 658. The highest BCUT2D eigenvalue weighted by molar-refractivity contribution is 6.05. The van der Waals surface area contributed by atoms with Crippen molar-refractivity contribution in [1.29, 1.82) is 0 Å². The summed E-state index contributed by atoms with van der Waals surface area (Å²) >= 11 is 0. The Labute approximate surface area is 137 Å². The van der Waals surface area contributed by atoms with Crippen LogP contribution in [0.15, 0.2) is 36.6 Å². The summed E-state index contributed by atoms with van der Waals surface area (Å²) in [5.41, 5.74) is 1.73. The number of fused-ring (bicyclic) bond motifs is 1. The highest BCUT2D eigenvalue weighted by Crippen LogP contribution is 2.23. The van der Waals surface area contributed by atoms with E-state index >= 15 is 0 Å². The minimum atomic E-state index is -0.436. The predicted octanol–water partition coefficient (Wildman–Crippen LogP) is 4.69. The topological polar surface area (TPSA) is 62.3 Å². The van der Waals surface area contributed by atoms with Gasteiger partial charge in [0.15, 0.2) is 0 Å². The summed E-state index contributed by atoms with van der Waals surface area (Å²) in [5.74, 6) is -0.436. The van der Waals surface area contributed by atoms with Crippen LogP contribution in [0.1, 0.15) is 61.5 Å². The first-order chi connectivity index (χ1) is 11.3. The number of aliphatic hydroxyl groups is 1. The lowest BCUT2D eigenvalue weighted by molar-refractivity contribution is 0.0661. The molecule has 124 valence electrons. The number of rotatable bonds is 9. The SMILES string of the molecule is CCCCCCCC=COC(=O)c1c(CO)[nH]c2ccccc12. The number of unbranched alkanes of at least 4 members (excludes halogenated alkanes) is 5. The van der Waals surface area contributed by atoms with Crippen LogP contribution >= 0.6 is 0 Å². The first kappa shape index (κ1) is 17.3. The molecule has 1 aromatic carbocycles. The zero-order valence-corrected chi connectivity index (χ0v) is 13.7. The van der Waals surface area contributed by atoms with Gasteiger partial charge in [-0.1, -0.05) is 50.8 Å². The second-order valence-electron chi connectivity index (χ2n) is 5.66. The van der Waals surface area contributed by atoms with Gasteiger partial charge in [-0.3, -0.25) is 0 Å². The van der Waals surface area contributed by atoms with Gasteiger partial charge < -0.3 is 14.8 Å². The fraction of sp³-hybridized carbons (Fsp3) is 0.421. The molecular formula is C19H25NO3. The molecule has 0 saturated heterocycles. The fourth-order valence-electron chi connectivity index (χ4n) is 2.65. The van der Waals surface area contributed by atoms with Crippen molar-refractivity contribution in [1.82, 2.24) is 4.98 Å². The Morgan fingerprint density at radius 2 is 2.00 bits per heavy atom. The van der Waals surface area contributed by atoms with E-state index in [1.54, 1.807) is 0 Å². The van der Waals surface area contributed by atoms with Crippen molar-refractivity contribution < 1.29 is 14.6 Å². The van der Waals surface area contributed by atoms with Gasteiger partial charge in [-0.25, -0.2) is 4.79 Å². The molecule has 4 nitrogen and oxygen atoms in total. The van der Waals surface area contributed by atoms with Crippen LogP contribution in [0.3, 0.4) is 0 Å². The molecular weight excluding hydrogens is 290 g/mol. The number of H-pyrrole nitrogens is 1. The molecule has 4 heteroatoms. The molecule has 0 aliphatic carbocycles. The van der Waals surface area contributed by atoms with Crippen molar-refractivity contribution in [2.45, 2.75) is 52.1 Å². The minimum Gasteiger partial charge on any atom is -0.431 e. The van der Waals surface area contributed by atoms with Gasteiger partial charge in [-0.2, -0.15) is 0 Å². The summed E-state index contributed by atoms with van der Waals surface area (Å²) in [7, 11) is 0. The van der Waals surface area contributed by atoms with E-state index in [0.29, 0.717) is 11.3 Å². The number of para-hydroxylation sites is 1. The highest BCUT2D eigenvalue weighted by atomic mass is 16.5. The highest BCUT2D eigenvalue weighted by Gasteiger charge is 2.18. The standard InChI is InChI=1S/C19H25NO3/c1-2-3-4-5-6-7-10-13-23-19(22)18-15-11-8-9-12-16(15)20-17(18)14-21/h8-13,20-21H,2-7,14H2,1H3. The molecule has 23 heavy (non-hydrogen) atoms. The van der Waals surface area contributed by atoms with Gasteiger partial charge in [-0.15, -0.1) is 0 Å². The smallest absolute Gasteiger partial charge is 0.345 e. The van der Waals surface area contributed by atoms with Crippen LogP contribution in [0.4, 0.5) is 0 Å². The van der Waals surface area contributed by atoms with E-state index in [9.17, 15) is 9.90 Å². The largest absolute Gasteiger partial charge is 0.431 e. The van der Waals surface area contributed by atoms with Gasteiger partial charge >= 0.3 is 5.97 Å². The molecule has 0 aliphatic heterocycles. The monoisotopic (exact) mass is 315 g/mol. The summed E-state index contributed by atoms with van der Waals surface area (Å²) in [5, 5.41) is 10.2. The summed E-state index contributed by atoms with van der Waals surface area (Å²) < 4.78 is 5.21. The normalized spacial score (nSPS) is 11.4. The first-order valence-corrected chi connectivity index (χ1v) is 8.34. The van der Waals surface area contributed by atoms with Gasteiger partial charge in [-0.05, 0) is 25.0 Å². The van der Waals surface area contributed by atoms with Crippen molar-refractivity contribution >= 4 is 16.9 Å². The van der Waals surface area contributed by atoms with Crippen molar-refractivity contribution in [3.63, 3.8) is 0 Å². The maximum atomic E-state index is 12.3. The predicted molar refractivity (Wildman–Crippen MR) is 92.2 cm³/mol. The van der Waals surface area contributed by atoms with Gasteiger partial charge in [0.05, 0.1) is 24.1 Å². The zero-order valence-electron chi connectivity index (χ0n) is 13.7. The fourth-order valence-corrected chi connectivity index (χ4v) is 2.65. The molecule has 0 fully saturated rings. The molecule has 1 heterocycles. The molecule has 0 amide bonds. The molecule has 2 N–H and O–H groups in total. The maximum absolute atomic E-state index is 12.3. The number of aromatic nitrogens is 1. The molecule has 0 radical (unpaired) electrons. The van der Waals surface area contributed by atoms with E-state index in [1.165, 1.54) is 31.9 Å². The number of benzene rings is 1. The third-order valence-electron chi connectivity index (χ3n) is 3.89. The van der Waals surface area contributed by atoms with E-state index in [-0.39, 0.29) is 6.61 Å². The number of allylic oxidation sites excluding steroid dienone is 1. The second kappa shape index (κ2) is 9.16. The average molecular weight is 315 g/mol. The first-order valence-electron chi connectivity index (χ1n) is 8.34. The van der Waals surface area contributed by atoms with Crippen LogP contribution in [-0.4, -0.2) is 16.1 Å². The Kier molecular flexibility index (Phi) is 6.88. The molecule has 1 aromatic heterocycles. The van der Waals surface area contributed by atoms with Crippen LogP contribution in [0.2, 0.25) is 0 Å². The van der Waals surface area contributed by atoms with Gasteiger partial charge in [0, 0.05) is 10.9 Å². The maximum Gasteiger partial charge on any atom is 0.345 e. The molecule has 0 aliphatic rings. The number of hydrogen-bond donors (Lipinski definition) is 2. The Balaban J connectivity index is 1.91. The van der Waals surface area contributed by atoms with Crippen molar-refractivity contribution in [2.24, 2.45) is 0 Å². The lowest BCUT2D eigenvalue weighted by atomic mass is 10.1. The van der Waals surface area contributed by atoms with E-state index < -0.39 is 5.97 Å². The lowest BCUT2D eigenvalue weighted by Crippen LogP contribution is -2.03. The van der Waals surface area contributed by atoms with Gasteiger partial charge in [0.25, 0.3) is 0 Å². The van der Waals surface area contributed by atoms with Gasteiger partial charge in [0.1, 0.15) is 0 Å². The van der Waals surface area contributed by atoms with E-state index in [0.717, 1.165) is 23.7 Å². The van der Waals surface area contributed by atoms with Crippen LogP contribution in [0.5, 0.6) is 0 Å². The Morgan fingerprint density at radius 1 is 1.22 bits per heavy atom. The van der Waals surface area contributed by atoms with Crippen LogP contribution < -0.4 is 0 Å². The van der Waals surface area contributed by atoms with Gasteiger partial charge in [0.2, 0.25) is 0 Å².